The van der Waals surface area contributed by atoms with Gasteiger partial charge >= 0.3 is 11.9 Å². The summed E-state index contributed by atoms with van der Waals surface area (Å²) in [5, 5.41) is 14.7. The van der Waals surface area contributed by atoms with Gasteiger partial charge in [0.1, 0.15) is 9.36 Å². The van der Waals surface area contributed by atoms with Crippen LogP contribution in [0.4, 0.5) is 5.69 Å². The molecule has 200 valence electrons. The van der Waals surface area contributed by atoms with E-state index < -0.39 is 22.8 Å². The SMILES string of the molecule is CCOC(=O)C1=C(C)NC(C)=C(C(=O)OCC)C1c1c(-c2cc([N+](=O)[O-])c(Cl)cc2Cl)nc2sc(Cl)cn12. The third-order valence-electron chi connectivity index (χ3n) is 5.85. The topological polar surface area (TPSA) is 125 Å². The number of aromatic nitrogens is 2. The first-order valence-corrected chi connectivity index (χ1v) is 13.3. The standard InChI is InChI=1S/C24H21Cl3N4O6S/c1-5-36-22(32)17-10(3)28-11(4)18(23(33)37-6-2)19(17)21-20(29-24-30(21)9-16(27)38-24)12-7-15(31(34)35)14(26)8-13(12)25/h7-9,19,28H,5-6H2,1-4H3. The van der Waals surface area contributed by atoms with Crippen molar-refractivity contribution in [2.75, 3.05) is 13.2 Å². The van der Waals surface area contributed by atoms with Crippen molar-refractivity contribution >= 4 is 68.7 Å². The molecule has 14 heteroatoms. The third-order valence-corrected chi connectivity index (χ3v) is 7.56. The van der Waals surface area contributed by atoms with Gasteiger partial charge in [0.15, 0.2) is 4.96 Å². The summed E-state index contributed by atoms with van der Waals surface area (Å²) < 4.78 is 12.7. The normalized spacial score (nSPS) is 14.2. The number of hydrogen-bond donors (Lipinski definition) is 1. The van der Waals surface area contributed by atoms with Gasteiger partial charge in [-0.05, 0) is 33.8 Å². The number of esters is 2. The first-order valence-electron chi connectivity index (χ1n) is 11.3. The summed E-state index contributed by atoms with van der Waals surface area (Å²) in [5.74, 6) is -2.37. The number of allylic oxidation sites excluding steroid dienone is 2. The molecule has 1 aliphatic heterocycles. The zero-order valence-corrected chi connectivity index (χ0v) is 23.6. The Morgan fingerprint density at radius 3 is 2.18 bits per heavy atom. The number of nitrogens with zero attached hydrogens (tertiary/aromatic N) is 3. The molecule has 0 radical (unpaired) electrons. The molecule has 0 saturated carbocycles. The highest BCUT2D eigenvalue weighted by Gasteiger charge is 2.42. The Morgan fingerprint density at radius 1 is 1.08 bits per heavy atom. The number of hydrogen-bond acceptors (Lipinski definition) is 9. The molecule has 1 aliphatic rings. The zero-order chi connectivity index (χ0) is 27.9. The Morgan fingerprint density at radius 2 is 1.66 bits per heavy atom. The minimum absolute atomic E-state index is 0.0874. The Hall–Kier alpha value is -3.12. The van der Waals surface area contributed by atoms with E-state index in [1.165, 1.54) is 12.1 Å². The molecule has 3 heterocycles. The minimum Gasteiger partial charge on any atom is -0.463 e. The number of carbonyl (C=O) groups excluding carboxylic acids is 2. The van der Waals surface area contributed by atoms with Crippen LogP contribution in [0.25, 0.3) is 16.2 Å². The highest BCUT2D eigenvalue weighted by Crippen LogP contribution is 2.47. The summed E-state index contributed by atoms with van der Waals surface area (Å²) in [6.07, 6.45) is 1.59. The van der Waals surface area contributed by atoms with Crippen molar-refractivity contribution in [2.45, 2.75) is 33.6 Å². The van der Waals surface area contributed by atoms with Crippen LogP contribution in [0.5, 0.6) is 0 Å². The van der Waals surface area contributed by atoms with Gasteiger partial charge in [-0.3, -0.25) is 14.5 Å². The number of halogens is 3. The highest BCUT2D eigenvalue weighted by molar-refractivity contribution is 7.20. The summed E-state index contributed by atoms with van der Waals surface area (Å²) in [5.41, 5.74) is 1.53. The van der Waals surface area contributed by atoms with E-state index in [-0.39, 0.29) is 51.4 Å². The van der Waals surface area contributed by atoms with Crippen molar-refractivity contribution < 1.29 is 24.0 Å². The number of nitro benzene ring substituents is 1. The Kier molecular flexibility index (Phi) is 8.03. The lowest BCUT2D eigenvalue weighted by Gasteiger charge is -2.30. The molecular formula is C24H21Cl3N4O6S. The number of nitro groups is 1. The lowest BCUT2D eigenvalue weighted by atomic mass is 9.81. The van der Waals surface area contributed by atoms with E-state index >= 15 is 0 Å². The molecule has 3 aromatic rings. The van der Waals surface area contributed by atoms with Gasteiger partial charge in [-0.2, -0.15) is 0 Å². The van der Waals surface area contributed by atoms with Gasteiger partial charge in [0.2, 0.25) is 0 Å². The largest absolute Gasteiger partial charge is 0.463 e. The van der Waals surface area contributed by atoms with Crippen molar-refractivity contribution in [1.82, 2.24) is 14.7 Å². The number of carbonyl (C=O) groups is 2. The van der Waals surface area contributed by atoms with Crippen molar-refractivity contribution in [1.29, 1.82) is 0 Å². The molecule has 4 rings (SSSR count). The molecule has 0 spiro atoms. The second kappa shape index (κ2) is 10.9. The monoisotopic (exact) mass is 598 g/mol. The van der Waals surface area contributed by atoms with E-state index in [4.69, 9.17) is 44.3 Å². The van der Waals surface area contributed by atoms with Crippen LogP contribution in [0, 0.1) is 10.1 Å². The molecular weight excluding hydrogens is 579 g/mol. The quantitative estimate of drug-likeness (QED) is 0.191. The van der Waals surface area contributed by atoms with Gasteiger partial charge < -0.3 is 14.8 Å². The van der Waals surface area contributed by atoms with E-state index in [1.54, 1.807) is 38.3 Å². The molecule has 2 aromatic heterocycles. The number of rotatable bonds is 7. The maximum Gasteiger partial charge on any atom is 0.336 e. The number of ether oxygens (including phenoxy) is 2. The van der Waals surface area contributed by atoms with Gasteiger partial charge in [0.25, 0.3) is 5.69 Å². The van der Waals surface area contributed by atoms with Crippen LogP contribution in [-0.2, 0) is 19.1 Å². The summed E-state index contributed by atoms with van der Waals surface area (Å²) in [7, 11) is 0. The fraction of sp³-hybridized carbons (Fsp3) is 0.292. The molecule has 38 heavy (non-hydrogen) atoms. The van der Waals surface area contributed by atoms with E-state index in [0.29, 0.717) is 26.4 Å². The van der Waals surface area contributed by atoms with E-state index in [0.717, 1.165) is 11.3 Å². The number of nitrogens with one attached hydrogen (secondary N) is 1. The molecule has 1 N–H and O–H groups in total. The maximum atomic E-state index is 13.3. The van der Waals surface area contributed by atoms with Gasteiger partial charge in [0.05, 0.1) is 51.6 Å². The number of fused-ring (bicyclic) bond motifs is 1. The van der Waals surface area contributed by atoms with Crippen LogP contribution in [0.1, 0.15) is 39.3 Å². The second-order valence-corrected chi connectivity index (χ2v) is 10.6. The molecule has 0 atom stereocenters. The molecule has 1 aromatic carbocycles. The first-order chi connectivity index (χ1) is 18.0. The smallest absolute Gasteiger partial charge is 0.336 e. The van der Waals surface area contributed by atoms with Gasteiger partial charge in [0, 0.05) is 29.2 Å². The lowest BCUT2D eigenvalue weighted by molar-refractivity contribution is -0.384. The average molecular weight is 600 g/mol. The fourth-order valence-electron chi connectivity index (χ4n) is 4.39. The van der Waals surface area contributed by atoms with Crippen LogP contribution in [0.2, 0.25) is 14.4 Å². The average Bonchev–Trinajstić information content (AvgIpc) is 3.34. The predicted molar refractivity (Wildman–Crippen MR) is 145 cm³/mol. The van der Waals surface area contributed by atoms with Crippen LogP contribution < -0.4 is 5.32 Å². The Bertz CT molecular complexity index is 1520. The van der Waals surface area contributed by atoms with Crippen LogP contribution in [0.15, 0.2) is 40.9 Å². The lowest BCUT2D eigenvalue weighted by Crippen LogP contribution is -2.33. The summed E-state index contributed by atoms with van der Waals surface area (Å²) in [6.45, 7) is 6.88. The number of dihydropyridines is 1. The van der Waals surface area contributed by atoms with Crippen LogP contribution in [-0.4, -0.2) is 39.5 Å². The molecule has 0 bridgehead atoms. The molecule has 0 amide bonds. The van der Waals surface area contributed by atoms with Gasteiger partial charge in [-0.25, -0.2) is 14.6 Å². The van der Waals surface area contributed by atoms with E-state index in [2.05, 4.69) is 10.3 Å². The maximum absolute atomic E-state index is 13.3. The molecule has 0 fully saturated rings. The predicted octanol–water partition coefficient (Wildman–Crippen LogP) is 6.29. The van der Waals surface area contributed by atoms with E-state index in [1.807, 2.05) is 0 Å². The number of imidazole rings is 1. The van der Waals surface area contributed by atoms with Crippen LogP contribution in [0.3, 0.4) is 0 Å². The summed E-state index contributed by atoms with van der Waals surface area (Å²) in [6, 6.07) is 2.47. The number of benzene rings is 1. The fourth-order valence-corrected chi connectivity index (χ4v) is 5.96. The minimum atomic E-state index is -1.05. The highest BCUT2D eigenvalue weighted by atomic mass is 35.5. The van der Waals surface area contributed by atoms with Crippen molar-refractivity contribution in [3.05, 3.63) is 71.1 Å². The zero-order valence-electron chi connectivity index (χ0n) is 20.6. The molecule has 0 saturated heterocycles. The van der Waals surface area contributed by atoms with E-state index in [9.17, 15) is 19.7 Å². The second-order valence-electron chi connectivity index (χ2n) is 8.15. The van der Waals surface area contributed by atoms with Crippen molar-refractivity contribution in [2.24, 2.45) is 0 Å². The molecule has 0 unspecified atom stereocenters. The number of thiazole rings is 1. The molecule has 10 nitrogen and oxygen atoms in total. The summed E-state index contributed by atoms with van der Waals surface area (Å²) in [4.78, 5) is 42.7. The third kappa shape index (κ3) is 4.86. The Balaban J connectivity index is 2.12. The summed E-state index contributed by atoms with van der Waals surface area (Å²) >= 11 is 20.1. The van der Waals surface area contributed by atoms with Crippen LogP contribution >= 0.6 is 46.1 Å². The molecule has 0 aliphatic carbocycles. The Labute approximate surface area is 235 Å². The van der Waals surface area contributed by atoms with Gasteiger partial charge in [-0.15, -0.1) is 0 Å². The van der Waals surface area contributed by atoms with Crippen molar-refractivity contribution in [3.63, 3.8) is 0 Å². The first kappa shape index (κ1) is 27.9. The van der Waals surface area contributed by atoms with Crippen molar-refractivity contribution in [3.8, 4) is 11.3 Å². The van der Waals surface area contributed by atoms with Gasteiger partial charge in [-0.1, -0.05) is 46.1 Å².